The van der Waals surface area contributed by atoms with Crippen LogP contribution in [-0.4, -0.2) is 9.97 Å². The Morgan fingerprint density at radius 3 is 2.41 bits per heavy atom. The van der Waals surface area contributed by atoms with E-state index in [0.717, 1.165) is 5.56 Å². The summed E-state index contributed by atoms with van der Waals surface area (Å²) in [5.74, 6) is 0.452. The average molecular weight is 269 g/mol. The van der Waals surface area contributed by atoms with Crippen molar-refractivity contribution in [1.82, 2.24) is 9.97 Å². The van der Waals surface area contributed by atoms with Crippen LogP contribution in [0.3, 0.4) is 0 Å². The Morgan fingerprint density at radius 1 is 1.12 bits per heavy atom. The van der Waals surface area contributed by atoms with Crippen LogP contribution in [0, 0.1) is 6.92 Å². The molecule has 1 aromatic heterocycles. The maximum atomic E-state index is 6.12. The van der Waals surface area contributed by atoms with Crippen molar-refractivity contribution >= 4 is 35.0 Å². The number of anilines is 2. The predicted molar refractivity (Wildman–Crippen MR) is 71.0 cm³/mol. The van der Waals surface area contributed by atoms with E-state index in [1.807, 2.05) is 0 Å². The van der Waals surface area contributed by atoms with Crippen LogP contribution in [0.15, 0.2) is 18.2 Å². The standard InChI is InChI=1S/C11H10Cl2N4/c1-5-9(10(14)17-11(15)16-5)7-3-2-6(12)4-8(7)13/h2-4H,1H3,(H4,14,15,16,17). The fraction of sp³-hybridized carbons (Fsp3) is 0.0909. The van der Waals surface area contributed by atoms with Crippen LogP contribution in [0.2, 0.25) is 10.0 Å². The molecule has 0 amide bonds. The van der Waals surface area contributed by atoms with Crippen molar-refractivity contribution in [3.05, 3.63) is 33.9 Å². The van der Waals surface area contributed by atoms with E-state index in [2.05, 4.69) is 9.97 Å². The van der Waals surface area contributed by atoms with Gasteiger partial charge in [-0.25, -0.2) is 4.98 Å². The van der Waals surface area contributed by atoms with E-state index in [9.17, 15) is 0 Å². The first-order valence-corrected chi connectivity index (χ1v) is 5.59. The average Bonchev–Trinajstić information content (AvgIpc) is 2.19. The molecule has 1 aromatic carbocycles. The van der Waals surface area contributed by atoms with Gasteiger partial charge in [0.25, 0.3) is 0 Å². The summed E-state index contributed by atoms with van der Waals surface area (Å²) in [6, 6.07) is 5.16. The molecule has 0 aliphatic rings. The van der Waals surface area contributed by atoms with Crippen molar-refractivity contribution in [2.45, 2.75) is 6.92 Å². The van der Waals surface area contributed by atoms with Gasteiger partial charge in [-0.3, -0.25) is 0 Å². The van der Waals surface area contributed by atoms with Crippen LogP contribution in [0.1, 0.15) is 5.69 Å². The minimum atomic E-state index is 0.147. The van der Waals surface area contributed by atoms with Gasteiger partial charge in [0.05, 0.1) is 10.7 Å². The number of nitrogens with zero attached hydrogens (tertiary/aromatic N) is 2. The topological polar surface area (TPSA) is 77.8 Å². The summed E-state index contributed by atoms with van der Waals surface area (Å²) in [7, 11) is 0. The van der Waals surface area contributed by atoms with Gasteiger partial charge in [-0.15, -0.1) is 0 Å². The van der Waals surface area contributed by atoms with Crippen LogP contribution in [0.25, 0.3) is 11.1 Å². The van der Waals surface area contributed by atoms with E-state index in [0.29, 0.717) is 27.1 Å². The lowest BCUT2D eigenvalue weighted by Gasteiger charge is -2.10. The van der Waals surface area contributed by atoms with Crippen molar-refractivity contribution in [1.29, 1.82) is 0 Å². The Morgan fingerprint density at radius 2 is 1.82 bits per heavy atom. The Kier molecular flexibility index (Phi) is 3.09. The van der Waals surface area contributed by atoms with E-state index in [-0.39, 0.29) is 5.95 Å². The summed E-state index contributed by atoms with van der Waals surface area (Å²) in [5, 5.41) is 1.06. The molecule has 0 saturated carbocycles. The molecular weight excluding hydrogens is 259 g/mol. The number of aromatic nitrogens is 2. The molecular formula is C11H10Cl2N4. The Labute approximate surface area is 109 Å². The largest absolute Gasteiger partial charge is 0.383 e. The number of rotatable bonds is 1. The van der Waals surface area contributed by atoms with Gasteiger partial charge in [0.1, 0.15) is 5.82 Å². The molecule has 2 rings (SSSR count). The molecule has 2 aromatic rings. The molecule has 0 bridgehead atoms. The fourth-order valence-electron chi connectivity index (χ4n) is 1.64. The van der Waals surface area contributed by atoms with Gasteiger partial charge < -0.3 is 11.5 Å². The zero-order chi connectivity index (χ0) is 12.6. The summed E-state index contributed by atoms with van der Waals surface area (Å²) in [4.78, 5) is 8.00. The van der Waals surface area contributed by atoms with Crippen LogP contribution in [0.4, 0.5) is 11.8 Å². The van der Waals surface area contributed by atoms with E-state index < -0.39 is 0 Å². The molecule has 0 fully saturated rings. The first-order valence-electron chi connectivity index (χ1n) is 4.84. The second kappa shape index (κ2) is 4.39. The Bertz CT molecular complexity index is 561. The number of nitrogen functional groups attached to an aromatic ring is 2. The minimum Gasteiger partial charge on any atom is -0.383 e. The van der Waals surface area contributed by atoms with Crippen LogP contribution in [0.5, 0.6) is 0 Å². The van der Waals surface area contributed by atoms with Crippen molar-refractivity contribution in [2.75, 3.05) is 11.5 Å². The number of halogens is 2. The molecule has 4 N–H and O–H groups in total. The van der Waals surface area contributed by atoms with Gasteiger partial charge in [-0.1, -0.05) is 29.3 Å². The summed E-state index contributed by atoms with van der Waals surface area (Å²) < 4.78 is 0. The first-order chi connectivity index (χ1) is 7.99. The molecule has 0 atom stereocenters. The van der Waals surface area contributed by atoms with Crippen molar-refractivity contribution in [2.24, 2.45) is 0 Å². The predicted octanol–water partition coefficient (Wildman–Crippen LogP) is 2.92. The van der Waals surface area contributed by atoms with Crippen molar-refractivity contribution in [3.8, 4) is 11.1 Å². The summed E-state index contributed by atoms with van der Waals surface area (Å²) in [5.41, 5.74) is 13.5. The van der Waals surface area contributed by atoms with E-state index in [1.54, 1.807) is 25.1 Å². The SMILES string of the molecule is Cc1nc(N)nc(N)c1-c1ccc(Cl)cc1Cl. The van der Waals surface area contributed by atoms with Crippen molar-refractivity contribution in [3.63, 3.8) is 0 Å². The van der Waals surface area contributed by atoms with E-state index in [4.69, 9.17) is 34.7 Å². The first kappa shape index (κ1) is 12.0. The summed E-state index contributed by atoms with van der Waals surface area (Å²) in [6.45, 7) is 1.80. The smallest absolute Gasteiger partial charge is 0.222 e. The molecule has 0 unspecified atom stereocenters. The zero-order valence-electron chi connectivity index (χ0n) is 9.04. The van der Waals surface area contributed by atoms with E-state index in [1.165, 1.54) is 0 Å². The quantitative estimate of drug-likeness (QED) is 0.834. The zero-order valence-corrected chi connectivity index (χ0v) is 10.5. The molecule has 17 heavy (non-hydrogen) atoms. The maximum Gasteiger partial charge on any atom is 0.222 e. The van der Waals surface area contributed by atoms with Crippen molar-refractivity contribution < 1.29 is 0 Å². The fourth-order valence-corrected chi connectivity index (χ4v) is 2.15. The van der Waals surface area contributed by atoms with Gasteiger partial charge in [0.2, 0.25) is 5.95 Å². The van der Waals surface area contributed by atoms with Gasteiger partial charge in [0, 0.05) is 16.1 Å². The van der Waals surface area contributed by atoms with Gasteiger partial charge in [-0.2, -0.15) is 4.98 Å². The molecule has 6 heteroatoms. The molecule has 0 aliphatic heterocycles. The Hall–Kier alpha value is -1.52. The molecule has 0 saturated heterocycles. The number of aryl methyl sites for hydroxylation is 1. The van der Waals surface area contributed by atoms with Gasteiger partial charge >= 0.3 is 0 Å². The van der Waals surface area contributed by atoms with E-state index >= 15 is 0 Å². The number of hydrogen-bond donors (Lipinski definition) is 2. The molecule has 4 nitrogen and oxygen atoms in total. The summed E-state index contributed by atoms with van der Waals surface area (Å²) in [6.07, 6.45) is 0. The van der Waals surface area contributed by atoms with Crippen LogP contribution < -0.4 is 11.5 Å². The highest BCUT2D eigenvalue weighted by Crippen LogP contribution is 2.34. The van der Waals surface area contributed by atoms with Gasteiger partial charge in [-0.05, 0) is 19.1 Å². The highest BCUT2D eigenvalue weighted by atomic mass is 35.5. The lowest BCUT2D eigenvalue weighted by atomic mass is 10.1. The highest BCUT2D eigenvalue weighted by molar-refractivity contribution is 6.36. The summed E-state index contributed by atoms with van der Waals surface area (Å²) >= 11 is 12.0. The monoisotopic (exact) mass is 268 g/mol. The molecule has 0 radical (unpaired) electrons. The number of hydrogen-bond acceptors (Lipinski definition) is 4. The second-order valence-electron chi connectivity index (χ2n) is 3.55. The molecule has 88 valence electrons. The third kappa shape index (κ3) is 2.28. The molecule has 0 aliphatic carbocycles. The number of benzene rings is 1. The lowest BCUT2D eigenvalue weighted by molar-refractivity contribution is 1.13. The third-order valence-electron chi connectivity index (χ3n) is 2.34. The molecule has 1 heterocycles. The van der Waals surface area contributed by atoms with Crippen LogP contribution in [-0.2, 0) is 0 Å². The minimum absolute atomic E-state index is 0.147. The Balaban J connectivity index is 2.68. The lowest BCUT2D eigenvalue weighted by Crippen LogP contribution is -2.04. The van der Waals surface area contributed by atoms with Gasteiger partial charge in [0.15, 0.2) is 0 Å². The highest BCUT2D eigenvalue weighted by Gasteiger charge is 2.13. The second-order valence-corrected chi connectivity index (χ2v) is 4.40. The van der Waals surface area contributed by atoms with Crippen LogP contribution >= 0.6 is 23.2 Å². The normalized spacial score (nSPS) is 10.5. The number of nitrogens with two attached hydrogens (primary N) is 2. The third-order valence-corrected chi connectivity index (χ3v) is 2.88. The maximum absolute atomic E-state index is 6.12. The molecule has 0 spiro atoms.